The van der Waals surface area contributed by atoms with Crippen LogP contribution in [0.1, 0.15) is 83.1 Å². The van der Waals surface area contributed by atoms with Crippen LogP contribution in [0.25, 0.3) is 0 Å². The van der Waals surface area contributed by atoms with Crippen molar-refractivity contribution in [2.24, 2.45) is 0 Å². The summed E-state index contributed by atoms with van der Waals surface area (Å²) in [6.07, 6.45) is 0. The predicted molar refractivity (Wildman–Crippen MR) is 81.1 cm³/mol. The van der Waals surface area contributed by atoms with Crippen LogP contribution >= 0.6 is 0 Å². The quantitative estimate of drug-likeness (QED) is 0.300. The van der Waals surface area contributed by atoms with Gasteiger partial charge in [-0.1, -0.05) is 0 Å². The van der Waals surface area contributed by atoms with Gasteiger partial charge in [0.15, 0.2) is 0 Å². The monoisotopic (exact) mass is 256 g/mol. The van der Waals surface area contributed by atoms with Crippen molar-refractivity contribution in [3.05, 3.63) is 23.7 Å². The van der Waals surface area contributed by atoms with Gasteiger partial charge >= 0.3 is 75.4 Å². The maximum absolute atomic E-state index is 2.08. The fraction of sp³-hybridized carbons (Fsp3) is 0.750. The van der Waals surface area contributed by atoms with E-state index < -0.39 is 0 Å². The van der Waals surface area contributed by atoms with Crippen molar-refractivity contribution in [3.63, 3.8) is 0 Å². The van der Waals surface area contributed by atoms with E-state index in [-0.39, 0.29) is 75.4 Å². The summed E-state index contributed by atoms with van der Waals surface area (Å²) in [4.78, 5) is 0. The minimum Gasteiger partial charge on any atom is -0.323 e. The molecule has 0 N–H and O–H groups in total. The molecule has 0 fully saturated rings. The Morgan fingerprint density at radius 3 is 0.250 bits per heavy atom. The Hall–Kier alpha value is 2.39. The van der Waals surface area contributed by atoms with Crippen molar-refractivity contribution in [1.82, 2.24) is 0 Å². The fourth-order valence-electron chi connectivity index (χ4n) is 0. The van der Waals surface area contributed by atoms with Crippen LogP contribution in [-0.2, 0) is 0 Å². The molecule has 0 amide bonds. The van der Waals surface area contributed by atoms with Gasteiger partial charge in [0.2, 0.25) is 0 Å². The topological polar surface area (TPSA) is 0 Å². The molecule has 20 heavy (non-hydrogen) atoms. The van der Waals surface area contributed by atoms with Gasteiger partial charge in [-0.15, -0.1) is 0 Å². The van der Waals surface area contributed by atoms with Crippen LogP contribution in [0, 0.1) is 23.7 Å². The third kappa shape index (κ3) is 1340. The third-order valence-corrected chi connectivity index (χ3v) is 0. The van der Waals surface area contributed by atoms with Crippen LogP contribution in [0.3, 0.4) is 0 Å². The minimum absolute atomic E-state index is 0. The summed E-state index contributed by atoms with van der Waals surface area (Å²) in [5.74, 6) is 5.67. The van der Waals surface area contributed by atoms with E-state index in [2.05, 4.69) is 83.1 Å². The zero-order valence-corrected chi connectivity index (χ0v) is 18.0. The van der Waals surface area contributed by atoms with Crippen molar-refractivity contribution < 1.29 is 75.4 Å². The van der Waals surface area contributed by atoms with E-state index in [0.29, 0.717) is 0 Å². The average Bonchev–Trinajstić information content (AvgIpc) is 1.76. The van der Waals surface area contributed by atoms with E-state index >= 15 is 0 Å². The summed E-state index contributed by atoms with van der Waals surface area (Å²) in [6, 6.07) is 0. The predicted octanol–water partition coefficient (Wildman–Crippen LogP) is -5.50. The summed E-state index contributed by atoms with van der Waals surface area (Å²) in [5, 5.41) is 0. The summed E-state index contributed by atoms with van der Waals surface area (Å²) < 4.78 is 0. The molecule has 0 aromatic heterocycles. The second kappa shape index (κ2) is 42.9. The molecule has 0 aliphatic carbocycles. The largest absolute Gasteiger partial charge is 1.00 e. The molecule has 104 valence electrons. The average molecular weight is 256 g/mol. The van der Waals surface area contributed by atoms with Gasteiger partial charge in [-0.2, -0.15) is 83.1 Å². The van der Waals surface area contributed by atoms with Gasteiger partial charge in [-0.05, 0) is 0 Å². The first-order valence-electron chi connectivity index (χ1n) is 6.00. The molecule has 4 heteroatoms. The van der Waals surface area contributed by atoms with Crippen molar-refractivity contribution in [2.75, 3.05) is 0 Å². The first-order valence-corrected chi connectivity index (χ1v) is 6.00. The molecule has 0 aliphatic heterocycles. The number of hydrogen-bond acceptors (Lipinski definition) is 0. The molecule has 0 aliphatic rings. The Balaban J connectivity index is -0.0000000150. The second-order valence-electron chi connectivity index (χ2n) is 6.00. The molecule has 0 atom stereocenters. The molecular weight excluding hydrogens is 220 g/mol. The van der Waals surface area contributed by atoms with Crippen molar-refractivity contribution in [1.29, 1.82) is 0 Å². The van der Waals surface area contributed by atoms with Gasteiger partial charge < -0.3 is 23.7 Å². The first-order chi connectivity index (χ1) is 6.93. The van der Waals surface area contributed by atoms with Gasteiger partial charge in [-0.25, -0.2) is 0 Å². The van der Waals surface area contributed by atoms with Gasteiger partial charge in [0.05, 0.1) is 0 Å². The van der Waals surface area contributed by atoms with E-state index in [0.717, 1.165) is 0 Å². The normalized spacial score (nSPS) is 7.20. The van der Waals surface area contributed by atoms with Gasteiger partial charge in [0.25, 0.3) is 0 Å². The number of hydrogen-bond donors (Lipinski definition) is 0. The van der Waals surface area contributed by atoms with Crippen LogP contribution in [-0.4, -0.2) is 0 Å². The molecule has 0 radical (unpaired) electrons. The minimum atomic E-state index is 0. The van der Waals surface area contributed by atoms with Crippen LogP contribution < -0.4 is 75.4 Å². The summed E-state index contributed by atoms with van der Waals surface area (Å²) in [5.41, 5.74) is 0. The maximum atomic E-state index is 2.08. The second-order valence-corrected chi connectivity index (χ2v) is 6.00. The van der Waals surface area contributed by atoms with E-state index in [1.54, 1.807) is 0 Å². The maximum Gasteiger partial charge on any atom is 1.00 e. The molecular formula is C16H36Li4. The van der Waals surface area contributed by atoms with Crippen LogP contribution in [0.2, 0.25) is 0 Å². The van der Waals surface area contributed by atoms with E-state index in [4.69, 9.17) is 0 Å². The molecule has 0 aromatic rings. The van der Waals surface area contributed by atoms with E-state index in [1.165, 1.54) is 23.7 Å². The molecule has 0 saturated heterocycles. The molecule has 0 spiro atoms. The standard InChI is InChI=1S/4C4H9.4Li/c4*1-4(2)3;;;;/h4*1-3H3;;;;/q4*-1;4*+1. The smallest absolute Gasteiger partial charge is 0.323 e. The zero-order chi connectivity index (χ0) is 14.3. The van der Waals surface area contributed by atoms with Crippen LogP contribution in [0.5, 0.6) is 0 Å². The zero-order valence-electron chi connectivity index (χ0n) is 18.0. The van der Waals surface area contributed by atoms with Crippen molar-refractivity contribution >= 4 is 0 Å². The SMILES string of the molecule is C[C-](C)C.C[C-](C)C.C[C-](C)C.C[C-](C)C.[Li+].[Li+].[Li+].[Li+]. The molecule has 0 saturated carbocycles. The molecule has 0 unspecified atom stereocenters. The molecule has 0 rings (SSSR count). The Morgan fingerprint density at radius 2 is 0.250 bits per heavy atom. The van der Waals surface area contributed by atoms with E-state index in [9.17, 15) is 0 Å². The van der Waals surface area contributed by atoms with Gasteiger partial charge in [-0.3, -0.25) is 0 Å². The summed E-state index contributed by atoms with van der Waals surface area (Å²) in [7, 11) is 0. The first kappa shape index (κ1) is 49.5. The molecule has 0 heterocycles. The third-order valence-electron chi connectivity index (χ3n) is 0. The Labute approximate surface area is 180 Å². The Morgan fingerprint density at radius 1 is 0.250 bits per heavy atom. The van der Waals surface area contributed by atoms with E-state index in [1.807, 2.05) is 0 Å². The van der Waals surface area contributed by atoms with Gasteiger partial charge in [0, 0.05) is 0 Å². The molecule has 0 bridgehead atoms. The Kier molecular flexibility index (Phi) is 106. The van der Waals surface area contributed by atoms with Crippen molar-refractivity contribution in [3.8, 4) is 0 Å². The fourth-order valence-corrected chi connectivity index (χ4v) is 0. The molecule has 0 nitrogen and oxygen atoms in total. The summed E-state index contributed by atoms with van der Waals surface area (Å²) in [6.45, 7) is 25.0. The van der Waals surface area contributed by atoms with Crippen LogP contribution in [0.15, 0.2) is 0 Å². The Bertz CT molecular complexity index is 57.5. The number of rotatable bonds is 0. The van der Waals surface area contributed by atoms with Gasteiger partial charge in [0.1, 0.15) is 0 Å². The molecule has 0 aromatic carbocycles. The summed E-state index contributed by atoms with van der Waals surface area (Å²) >= 11 is 0. The van der Waals surface area contributed by atoms with Crippen molar-refractivity contribution in [2.45, 2.75) is 83.1 Å². The van der Waals surface area contributed by atoms with Crippen LogP contribution in [0.4, 0.5) is 0 Å².